The Morgan fingerprint density at radius 1 is 1.33 bits per heavy atom. The van der Waals surface area contributed by atoms with E-state index in [9.17, 15) is 13.2 Å². The zero-order valence-corrected chi connectivity index (χ0v) is 12.3. The highest BCUT2D eigenvalue weighted by atomic mass is 32.2. The maximum atomic E-state index is 12.5. The molecule has 0 heterocycles. The number of methoxy groups -OCH3 is 1. The van der Waals surface area contributed by atoms with Crippen LogP contribution in [0.25, 0.3) is 0 Å². The van der Waals surface area contributed by atoms with Crippen LogP contribution < -0.4 is 0 Å². The highest BCUT2D eigenvalue weighted by Gasteiger charge is 2.38. The van der Waals surface area contributed by atoms with Crippen molar-refractivity contribution >= 4 is 15.8 Å². The minimum Gasteiger partial charge on any atom is -0.469 e. The summed E-state index contributed by atoms with van der Waals surface area (Å²) in [5.41, 5.74) is 0. The quantitative estimate of drug-likeness (QED) is 0.723. The Morgan fingerprint density at radius 2 is 1.94 bits per heavy atom. The monoisotopic (exact) mass is 276 g/mol. The molecule has 0 aromatic rings. The van der Waals surface area contributed by atoms with Crippen molar-refractivity contribution in [2.24, 2.45) is 5.92 Å². The largest absolute Gasteiger partial charge is 0.469 e. The van der Waals surface area contributed by atoms with Gasteiger partial charge in [-0.15, -0.1) is 0 Å². The molecule has 0 bridgehead atoms. The van der Waals surface area contributed by atoms with Gasteiger partial charge in [0.25, 0.3) is 0 Å². The molecule has 4 nitrogen and oxygen atoms in total. The van der Waals surface area contributed by atoms with E-state index in [1.54, 1.807) is 6.92 Å². The summed E-state index contributed by atoms with van der Waals surface area (Å²) in [6, 6.07) is 0. The third kappa shape index (κ3) is 3.46. The van der Waals surface area contributed by atoms with Gasteiger partial charge in [-0.05, 0) is 25.7 Å². The van der Waals surface area contributed by atoms with Crippen LogP contribution in [0.15, 0.2) is 0 Å². The van der Waals surface area contributed by atoms with Crippen molar-refractivity contribution in [1.29, 1.82) is 0 Å². The molecular weight excluding hydrogens is 252 g/mol. The first-order valence-corrected chi connectivity index (χ1v) is 8.34. The van der Waals surface area contributed by atoms with Crippen LogP contribution in [0.3, 0.4) is 0 Å². The molecule has 1 rings (SSSR count). The molecule has 0 aromatic carbocycles. The molecule has 0 saturated heterocycles. The first-order valence-electron chi connectivity index (χ1n) is 6.73. The lowest BCUT2D eigenvalue weighted by Crippen LogP contribution is -2.38. The van der Waals surface area contributed by atoms with Crippen molar-refractivity contribution in [3.63, 3.8) is 0 Å². The average molecular weight is 276 g/mol. The van der Waals surface area contributed by atoms with Crippen molar-refractivity contribution in [2.75, 3.05) is 7.11 Å². The van der Waals surface area contributed by atoms with Crippen molar-refractivity contribution in [3.8, 4) is 0 Å². The molecule has 0 aromatic heterocycles. The zero-order chi connectivity index (χ0) is 13.8. The van der Waals surface area contributed by atoms with E-state index in [2.05, 4.69) is 4.74 Å². The Bertz CT molecular complexity index is 374. The van der Waals surface area contributed by atoms with E-state index in [0.29, 0.717) is 0 Å². The van der Waals surface area contributed by atoms with Gasteiger partial charge in [0.05, 0.1) is 24.0 Å². The van der Waals surface area contributed by atoms with E-state index in [1.165, 1.54) is 7.11 Å². The van der Waals surface area contributed by atoms with Crippen LogP contribution in [-0.4, -0.2) is 32.0 Å². The highest BCUT2D eigenvalue weighted by molar-refractivity contribution is 7.92. The molecule has 0 radical (unpaired) electrons. The minimum absolute atomic E-state index is 0.0359. The molecule has 0 N–H and O–H groups in total. The van der Waals surface area contributed by atoms with E-state index in [0.717, 1.165) is 32.1 Å². The smallest absolute Gasteiger partial charge is 0.306 e. The first-order chi connectivity index (χ1) is 8.43. The van der Waals surface area contributed by atoms with E-state index >= 15 is 0 Å². The maximum Gasteiger partial charge on any atom is 0.306 e. The lowest BCUT2D eigenvalue weighted by Gasteiger charge is -2.32. The van der Waals surface area contributed by atoms with Gasteiger partial charge in [-0.3, -0.25) is 4.79 Å². The Balaban J connectivity index is 2.80. The number of esters is 1. The number of carbonyl (C=O) groups is 1. The summed E-state index contributed by atoms with van der Waals surface area (Å²) in [7, 11) is -1.94. The molecule has 1 saturated carbocycles. The second-order valence-electron chi connectivity index (χ2n) is 5.17. The predicted octanol–water partition coefficient (Wildman–Crippen LogP) is 2.32. The van der Waals surface area contributed by atoms with Crippen LogP contribution >= 0.6 is 0 Å². The molecule has 1 aliphatic carbocycles. The fourth-order valence-corrected chi connectivity index (χ4v) is 5.13. The van der Waals surface area contributed by atoms with Crippen molar-refractivity contribution in [2.45, 2.75) is 62.9 Å². The number of ether oxygens (including phenoxy) is 1. The fraction of sp³-hybridized carbons (Fsp3) is 0.923. The Labute approximate surface area is 110 Å². The van der Waals surface area contributed by atoms with E-state index in [-0.39, 0.29) is 17.6 Å². The van der Waals surface area contributed by atoms with Crippen molar-refractivity contribution in [3.05, 3.63) is 0 Å². The summed E-state index contributed by atoms with van der Waals surface area (Å²) in [6.07, 6.45) is 4.69. The molecule has 1 fully saturated rings. The van der Waals surface area contributed by atoms with Crippen LogP contribution in [-0.2, 0) is 19.4 Å². The Kier molecular flexibility index (Phi) is 5.63. The van der Waals surface area contributed by atoms with E-state index < -0.39 is 21.1 Å². The number of hydrogen-bond acceptors (Lipinski definition) is 4. The normalized spacial score (nSPS) is 26.6. The molecule has 106 valence electrons. The minimum atomic E-state index is -3.23. The second kappa shape index (κ2) is 6.55. The first kappa shape index (κ1) is 15.5. The molecule has 0 amide bonds. The summed E-state index contributed by atoms with van der Waals surface area (Å²) >= 11 is 0. The van der Waals surface area contributed by atoms with Gasteiger partial charge in [0.15, 0.2) is 9.84 Å². The fourth-order valence-electron chi connectivity index (χ4n) is 2.81. The summed E-state index contributed by atoms with van der Waals surface area (Å²) in [5, 5.41) is -0.905. The number of hydrogen-bond donors (Lipinski definition) is 0. The van der Waals surface area contributed by atoms with Crippen LogP contribution in [0.1, 0.15) is 52.4 Å². The van der Waals surface area contributed by atoms with Crippen molar-refractivity contribution in [1.82, 2.24) is 0 Å². The van der Waals surface area contributed by atoms with Gasteiger partial charge in [-0.2, -0.15) is 0 Å². The molecule has 0 aliphatic heterocycles. The molecule has 1 aliphatic rings. The van der Waals surface area contributed by atoms with Gasteiger partial charge in [0, 0.05) is 0 Å². The third-order valence-corrected chi connectivity index (χ3v) is 6.78. The molecule has 0 spiro atoms. The number of carbonyl (C=O) groups excluding carboxylic acids is 1. The summed E-state index contributed by atoms with van der Waals surface area (Å²) in [4.78, 5) is 11.2. The lowest BCUT2D eigenvalue weighted by molar-refractivity contribution is -0.140. The Morgan fingerprint density at radius 3 is 2.50 bits per heavy atom. The second-order valence-corrected chi connectivity index (χ2v) is 7.76. The SMILES string of the molecule is CCC1CCCCC1S(=O)(=O)C(C)CC(=O)OC. The van der Waals surface area contributed by atoms with Gasteiger partial charge in [0.2, 0.25) is 0 Å². The van der Waals surface area contributed by atoms with Crippen LogP contribution in [0.4, 0.5) is 0 Å². The molecule has 5 heteroatoms. The van der Waals surface area contributed by atoms with Gasteiger partial charge >= 0.3 is 5.97 Å². The topological polar surface area (TPSA) is 60.4 Å². The summed E-state index contributed by atoms with van der Waals surface area (Å²) in [6.45, 7) is 3.66. The standard InChI is InChI=1S/C13H24O4S/c1-4-11-7-5-6-8-12(11)18(15,16)10(2)9-13(14)17-3/h10-12H,4-9H2,1-3H3. The molecule has 18 heavy (non-hydrogen) atoms. The van der Waals surface area contributed by atoms with Crippen LogP contribution in [0.2, 0.25) is 0 Å². The summed E-state index contributed by atoms with van der Waals surface area (Å²) in [5.74, 6) is -0.196. The maximum absolute atomic E-state index is 12.5. The van der Waals surface area contributed by atoms with Crippen LogP contribution in [0.5, 0.6) is 0 Å². The van der Waals surface area contributed by atoms with Crippen LogP contribution in [0, 0.1) is 5.92 Å². The van der Waals surface area contributed by atoms with E-state index in [1.807, 2.05) is 6.92 Å². The predicted molar refractivity (Wildman–Crippen MR) is 71.1 cm³/mol. The molecule has 3 atom stereocenters. The van der Waals surface area contributed by atoms with Gasteiger partial charge in [0.1, 0.15) is 0 Å². The molecular formula is C13H24O4S. The van der Waals surface area contributed by atoms with Gasteiger partial charge in [-0.1, -0.05) is 26.2 Å². The van der Waals surface area contributed by atoms with E-state index in [4.69, 9.17) is 0 Å². The third-order valence-electron chi connectivity index (χ3n) is 4.03. The average Bonchev–Trinajstić information content (AvgIpc) is 2.38. The lowest BCUT2D eigenvalue weighted by atomic mass is 9.87. The number of sulfone groups is 1. The Hall–Kier alpha value is -0.580. The zero-order valence-electron chi connectivity index (χ0n) is 11.5. The van der Waals surface area contributed by atoms with Gasteiger partial charge in [-0.25, -0.2) is 8.42 Å². The summed E-state index contributed by atoms with van der Waals surface area (Å²) < 4.78 is 29.6. The van der Waals surface area contributed by atoms with Gasteiger partial charge < -0.3 is 4.74 Å². The molecule has 3 unspecified atom stereocenters. The highest BCUT2D eigenvalue weighted by Crippen LogP contribution is 2.34. The number of rotatable bonds is 5. The van der Waals surface area contributed by atoms with Crippen molar-refractivity contribution < 1.29 is 17.9 Å².